The van der Waals surface area contributed by atoms with Crippen molar-refractivity contribution in [3.05, 3.63) is 71.6 Å². The van der Waals surface area contributed by atoms with E-state index in [1.807, 2.05) is 0 Å². The number of nitrogens with zero attached hydrogens (tertiary/aromatic N) is 3. The first-order valence-electron chi connectivity index (χ1n) is 11.0. The van der Waals surface area contributed by atoms with E-state index in [2.05, 4.69) is 59.5 Å². The molecule has 1 aromatic heterocycles. The highest BCUT2D eigenvalue weighted by atomic mass is 19.1. The molecule has 31 heavy (non-hydrogen) atoms. The molecule has 1 heterocycles. The van der Waals surface area contributed by atoms with Crippen molar-refractivity contribution in [3.8, 4) is 11.4 Å². The van der Waals surface area contributed by atoms with Crippen LogP contribution in [0.15, 0.2) is 53.1 Å². The number of aromatic nitrogens is 2. The van der Waals surface area contributed by atoms with Gasteiger partial charge in [0.25, 0.3) is 0 Å². The summed E-state index contributed by atoms with van der Waals surface area (Å²) >= 11 is 0. The number of aryl methyl sites for hydroxylation is 1. The first-order chi connectivity index (χ1) is 15.0. The standard InChI is InChI=1S/C25H29F2N3O/c1-30(2)24(18-6-4-3-5-7-18)19-11-8-17(9-12-19)10-15-23-28-25(29-31-23)21-14-13-20(26)16-22(21)27/h3-7,13-14,16-17,19,24H,8-12,15H2,1-2H3. The van der Waals surface area contributed by atoms with Gasteiger partial charge in [-0.2, -0.15) is 4.98 Å². The highest BCUT2D eigenvalue weighted by Gasteiger charge is 2.30. The number of hydrogen-bond acceptors (Lipinski definition) is 4. The van der Waals surface area contributed by atoms with Gasteiger partial charge in [-0.15, -0.1) is 0 Å². The second kappa shape index (κ2) is 9.69. The third-order valence-electron chi connectivity index (χ3n) is 6.44. The maximum atomic E-state index is 13.9. The molecule has 1 saturated carbocycles. The zero-order valence-corrected chi connectivity index (χ0v) is 18.1. The van der Waals surface area contributed by atoms with E-state index >= 15 is 0 Å². The van der Waals surface area contributed by atoms with E-state index in [1.54, 1.807) is 0 Å². The average molecular weight is 426 g/mol. The molecule has 4 nitrogen and oxygen atoms in total. The Kier molecular flexibility index (Phi) is 6.76. The summed E-state index contributed by atoms with van der Waals surface area (Å²) in [5.74, 6) is 0.672. The van der Waals surface area contributed by atoms with Gasteiger partial charge in [-0.05, 0) is 62.9 Å². The summed E-state index contributed by atoms with van der Waals surface area (Å²) in [6.07, 6.45) is 6.46. The molecule has 2 aromatic carbocycles. The molecule has 0 spiro atoms. The summed E-state index contributed by atoms with van der Waals surface area (Å²) in [7, 11) is 4.34. The Labute approximate surface area is 182 Å². The van der Waals surface area contributed by atoms with Crippen LogP contribution in [0, 0.1) is 23.5 Å². The predicted octanol–water partition coefficient (Wildman–Crippen LogP) is 6.06. The van der Waals surface area contributed by atoms with Gasteiger partial charge in [0.05, 0.1) is 5.56 Å². The molecule has 1 fully saturated rings. The van der Waals surface area contributed by atoms with Crippen LogP contribution in [0.5, 0.6) is 0 Å². The lowest BCUT2D eigenvalue weighted by molar-refractivity contribution is 0.145. The van der Waals surface area contributed by atoms with Crippen molar-refractivity contribution < 1.29 is 13.3 Å². The summed E-state index contributed by atoms with van der Waals surface area (Å²) in [6.45, 7) is 0. The third-order valence-corrected chi connectivity index (χ3v) is 6.44. The Morgan fingerprint density at radius 2 is 1.77 bits per heavy atom. The quantitative estimate of drug-likeness (QED) is 0.462. The van der Waals surface area contributed by atoms with Gasteiger partial charge in [-0.1, -0.05) is 48.3 Å². The van der Waals surface area contributed by atoms with Crippen LogP contribution in [-0.2, 0) is 6.42 Å². The average Bonchev–Trinajstić information content (AvgIpc) is 3.22. The zero-order valence-electron chi connectivity index (χ0n) is 18.1. The molecule has 0 saturated heterocycles. The molecule has 0 radical (unpaired) electrons. The highest BCUT2D eigenvalue weighted by Crippen LogP contribution is 2.40. The minimum atomic E-state index is -0.681. The van der Waals surface area contributed by atoms with Crippen molar-refractivity contribution in [1.29, 1.82) is 0 Å². The lowest BCUT2D eigenvalue weighted by Gasteiger charge is -2.37. The van der Waals surface area contributed by atoms with Gasteiger partial charge < -0.3 is 9.42 Å². The van der Waals surface area contributed by atoms with E-state index in [0.29, 0.717) is 30.2 Å². The van der Waals surface area contributed by atoms with Crippen LogP contribution in [0.2, 0.25) is 0 Å². The molecule has 4 rings (SSSR count). The predicted molar refractivity (Wildman–Crippen MR) is 116 cm³/mol. The van der Waals surface area contributed by atoms with Crippen LogP contribution in [0.1, 0.15) is 49.6 Å². The van der Waals surface area contributed by atoms with Crippen molar-refractivity contribution in [1.82, 2.24) is 15.0 Å². The summed E-state index contributed by atoms with van der Waals surface area (Å²) in [6, 6.07) is 14.6. The van der Waals surface area contributed by atoms with Gasteiger partial charge in [0.15, 0.2) is 0 Å². The van der Waals surface area contributed by atoms with E-state index in [9.17, 15) is 8.78 Å². The minimum absolute atomic E-state index is 0.160. The molecular weight excluding hydrogens is 396 g/mol. The van der Waals surface area contributed by atoms with Gasteiger partial charge in [0.2, 0.25) is 11.7 Å². The Morgan fingerprint density at radius 1 is 1.03 bits per heavy atom. The van der Waals surface area contributed by atoms with Gasteiger partial charge >= 0.3 is 0 Å². The zero-order chi connectivity index (χ0) is 21.8. The topological polar surface area (TPSA) is 42.2 Å². The maximum absolute atomic E-state index is 13.9. The Bertz CT molecular complexity index is 981. The fraction of sp³-hybridized carbons (Fsp3) is 0.440. The van der Waals surface area contributed by atoms with E-state index in [1.165, 1.54) is 43.4 Å². The molecule has 3 aromatic rings. The second-order valence-corrected chi connectivity index (χ2v) is 8.77. The summed E-state index contributed by atoms with van der Waals surface area (Å²) < 4.78 is 32.4. The molecule has 6 heteroatoms. The number of halogens is 2. The summed E-state index contributed by atoms with van der Waals surface area (Å²) in [4.78, 5) is 6.66. The lowest BCUT2D eigenvalue weighted by atomic mass is 9.75. The van der Waals surface area contributed by atoms with Crippen molar-refractivity contribution in [2.24, 2.45) is 11.8 Å². The highest BCUT2D eigenvalue weighted by molar-refractivity contribution is 5.54. The number of rotatable bonds is 7. The van der Waals surface area contributed by atoms with Crippen LogP contribution in [0.4, 0.5) is 8.78 Å². The molecule has 0 aliphatic heterocycles. The second-order valence-electron chi connectivity index (χ2n) is 8.77. The molecule has 164 valence electrons. The molecular formula is C25H29F2N3O. The Balaban J connectivity index is 1.31. The van der Waals surface area contributed by atoms with E-state index in [-0.39, 0.29) is 11.4 Å². The van der Waals surface area contributed by atoms with Crippen molar-refractivity contribution in [3.63, 3.8) is 0 Å². The van der Waals surface area contributed by atoms with Gasteiger partial charge in [-0.3, -0.25) is 0 Å². The first kappa shape index (κ1) is 21.6. The largest absolute Gasteiger partial charge is 0.339 e. The molecule has 1 aliphatic rings. The third kappa shape index (κ3) is 5.18. The van der Waals surface area contributed by atoms with E-state index < -0.39 is 11.6 Å². The fourth-order valence-corrected chi connectivity index (χ4v) is 4.90. The fourth-order valence-electron chi connectivity index (χ4n) is 4.90. The molecule has 0 bridgehead atoms. The van der Waals surface area contributed by atoms with Crippen LogP contribution in [0.3, 0.4) is 0 Å². The van der Waals surface area contributed by atoms with Crippen LogP contribution < -0.4 is 0 Å². The van der Waals surface area contributed by atoms with Crippen LogP contribution in [-0.4, -0.2) is 29.1 Å². The van der Waals surface area contributed by atoms with Gasteiger partial charge in [-0.25, -0.2) is 8.78 Å². The Morgan fingerprint density at radius 3 is 2.45 bits per heavy atom. The summed E-state index contributed by atoms with van der Waals surface area (Å²) in [5, 5.41) is 3.87. The Hall–Kier alpha value is -2.60. The van der Waals surface area contributed by atoms with Crippen molar-refractivity contribution >= 4 is 0 Å². The molecule has 1 atom stereocenters. The normalized spacial score (nSPS) is 20.2. The van der Waals surface area contributed by atoms with Crippen LogP contribution in [0.25, 0.3) is 11.4 Å². The van der Waals surface area contributed by atoms with Crippen molar-refractivity contribution in [2.45, 2.75) is 44.6 Å². The monoisotopic (exact) mass is 425 g/mol. The maximum Gasteiger partial charge on any atom is 0.226 e. The lowest BCUT2D eigenvalue weighted by Crippen LogP contribution is -2.30. The number of hydrogen-bond donors (Lipinski definition) is 0. The van der Waals surface area contributed by atoms with Crippen LogP contribution >= 0.6 is 0 Å². The van der Waals surface area contributed by atoms with Gasteiger partial charge in [0, 0.05) is 18.5 Å². The minimum Gasteiger partial charge on any atom is -0.339 e. The van der Waals surface area contributed by atoms with E-state index in [0.717, 1.165) is 12.5 Å². The first-order valence-corrected chi connectivity index (χ1v) is 11.0. The van der Waals surface area contributed by atoms with E-state index in [4.69, 9.17) is 4.52 Å². The SMILES string of the molecule is CN(C)C(c1ccccc1)C1CCC(CCc2nc(-c3ccc(F)cc3F)no2)CC1. The molecule has 0 N–H and O–H groups in total. The number of benzene rings is 2. The smallest absolute Gasteiger partial charge is 0.226 e. The molecule has 0 amide bonds. The molecule has 1 aliphatic carbocycles. The summed E-state index contributed by atoms with van der Waals surface area (Å²) in [5.41, 5.74) is 1.55. The molecule has 1 unspecified atom stereocenters. The van der Waals surface area contributed by atoms with Gasteiger partial charge in [0.1, 0.15) is 11.6 Å². The van der Waals surface area contributed by atoms with Crippen molar-refractivity contribution in [2.75, 3.05) is 14.1 Å².